The molecule has 2 heterocycles. The van der Waals surface area contributed by atoms with Gasteiger partial charge in [0.25, 0.3) is 0 Å². The van der Waals surface area contributed by atoms with Crippen LogP contribution in [-0.4, -0.2) is 103 Å². The number of hydrogen-bond acceptors (Lipinski definition) is 7. The molecule has 0 bridgehead atoms. The Balaban J connectivity index is 0.000000306. The van der Waals surface area contributed by atoms with Crippen molar-refractivity contribution in [1.82, 2.24) is 30.7 Å². The van der Waals surface area contributed by atoms with Gasteiger partial charge in [-0.05, 0) is 64.8 Å². The number of amides is 4. The molecule has 6 atom stereocenters. The van der Waals surface area contributed by atoms with E-state index in [-0.39, 0.29) is 53.6 Å². The first kappa shape index (κ1) is 47.0. The summed E-state index contributed by atoms with van der Waals surface area (Å²) in [5, 5.41) is 9.30. The molecule has 0 aromatic heterocycles. The van der Waals surface area contributed by atoms with Gasteiger partial charge in [0.05, 0.1) is 18.1 Å². The van der Waals surface area contributed by atoms with E-state index in [1.807, 2.05) is 98.8 Å². The van der Waals surface area contributed by atoms with Crippen LogP contribution in [-0.2, 0) is 43.4 Å². The Hall–Kier alpha value is -4.35. The van der Waals surface area contributed by atoms with Crippen molar-refractivity contribution in [2.24, 2.45) is 22.7 Å². The maximum atomic E-state index is 13.4. The molecule has 4 rings (SSSR count). The highest BCUT2D eigenvalue weighted by atomic mass is 16.2. The van der Waals surface area contributed by atoms with E-state index < -0.39 is 29.0 Å². The molecule has 2 aromatic rings. The van der Waals surface area contributed by atoms with Gasteiger partial charge in [0.15, 0.2) is 0 Å². The Morgan fingerprint density at radius 3 is 1.74 bits per heavy atom. The number of hydrogen-bond donors (Lipinski definition) is 3. The fourth-order valence-corrected chi connectivity index (χ4v) is 7.71. The highest BCUT2D eigenvalue weighted by Crippen LogP contribution is 2.31. The molecule has 0 spiro atoms. The van der Waals surface area contributed by atoms with Crippen LogP contribution in [0.5, 0.6) is 0 Å². The number of carbonyl (C=O) groups is 5. The molecule has 4 amide bonds. The van der Waals surface area contributed by atoms with E-state index in [1.165, 1.54) is 16.0 Å². The molecule has 2 aliphatic heterocycles. The average molecular weight is 787 g/mol. The van der Waals surface area contributed by atoms with Gasteiger partial charge < -0.3 is 30.5 Å². The Kier molecular flexibility index (Phi) is 16.4. The van der Waals surface area contributed by atoms with E-state index in [9.17, 15) is 24.0 Å². The normalized spacial score (nSPS) is 19.0. The third-order valence-electron chi connectivity index (χ3n) is 11.3. The lowest BCUT2D eigenvalue weighted by Gasteiger charge is -2.39. The predicted molar refractivity (Wildman–Crippen MR) is 228 cm³/mol. The van der Waals surface area contributed by atoms with Crippen LogP contribution in [0.2, 0.25) is 0 Å². The molecule has 0 radical (unpaired) electrons. The summed E-state index contributed by atoms with van der Waals surface area (Å²) >= 11 is 0. The molecule has 0 saturated carbocycles. The summed E-state index contributed by atoms with van der Waals surface area (Å²) in [6.45, 7) is 25.0. The molecule has 0 aliphatic carbocycles. The summed E-state index contributed by atoms with van der Waals surface area (Å²) in [5.74, 6) is -0.406. The lowest BCUT2D eigenvalue weighted by atomic mass is 9.84. The monoisotopic (exact) mass is 787 g/mol. The summed E-state index contributed by atoms with van der Waals surface area (Å²) < 4.78 is 0. The average Bonchev–Trinajstić information content (AvgIpc) is 3.14. The van der Waals surface area contributed by atoms with Crippen LogP contribution in [0.3, 0.4) is 0 Å². The van der Waals surface area contributed by atoms with E-state index in [2.05, 4.69) is 53.4 Å². The van der Waals surface area contributed by atoms with E-state index in [1.54, 1.807) is 25.1 Å². The Bertz CT molecular complexity index is 1730. The molecule has 11 heteroatoms. The highest BCUT2D eigenvalue weighted by molar-refractivity contribution is 5.92. The van der Waals surface area contributed by atoms with Gasteiger partial charge in [-0.3, -0.25) is 24.1 Å². The SMILES string of the molecule is C=C[C@H](C(C)C)N(C)C(=O)[C@@H](NC(=O)C1c2ccccc2CCN1C)C(C)(C)C.CC(C)[C@@H](C=O)N(C)C(=O)[C@@H](NC(=O)C1Cc2ccccc2CN1)C(C)(C)C. The van der Waals surface area contributed by atoms with Gasteiger partial charge >= 0.3 is 0 Å². The number of carbonyl (C=O) groups excluding carboxylic acids is 5. The van der Waals surface area contributed by atoms with Crippen molar-refractivity contribution in [1.29, 1.82) is 0 Å². The van der Waals surface area contributed by atoms with Crippen LogP contribution in [0.25, 0.3) is 0 Å². The third-order valence-corrected chi connectivity index (χ3v) is 11.3. The smallest absolute Gasteiger partial charge is 0.246 e. The zero-order chi connectivity index (χ0) is 43.0. The Labute approximate surface area is 342 Å². The van der Waals surface area contributed by atoms with Gasteiger partial charge in [0.2, 0.25) is 23.6 Å². The Morgan fingerprint density at radius 1 is 0.772 bits per heavy atom. The Morgan fingerprint density at radius 2 is 1.25 bits per heavy atom. The molecular formula is C46H70N6O5. The van der Waals surface area contributed by atoms with Crippen LogP contribution in [0.15, 0.2) is 61.2 Å². The molecule has 3 N–H and O–H groups in total. The second kappa shape index (κ2) is 19.9. The van der Waals surface area contributed by atoms with Crippen molar-refractivity contribution in [3.8, 4) is 0 Å². The molecule has 2 unspecified atom stereocenters. The fraction of sp³-hybridized carbons (Fsp3) is 0.587. The first-order valence-corrected chi connectivity index (χ1v) is 20.3. The summed E-state index contributed by atoms with van der Waals surface area (Å²) in [7, 11) is 5.38. The van der Waals surface area contributed by atoms with Gasteiger partial charge in [-0.1, -0.05) is 124 Å². The number of benzene rings is 2. The van der Waals surface area contributed by atoms with Crippen molar-refractivity contribution < 1.29 is 24.0 Å². The van der Waals surface area contributed by atoms with Crippen LogP contribution < -0.4 is 16.0 Å². The fourth-order valence-electron chi connectivity index (χ4n) is 7.71. The van der Waals surface area contributed by atoms with Gasteiger partial charge in [-0.25, -0.2) is 0 Å². The zero-order valence-corrected chi connectivity index (χ0v) is 36.8. The maximum Gasteiger partial charge on any atom is 0.246 e. The van der Waals surface area contributed by atoms with Crippen molar-refractivity contribution in [2.75, 3.05) is 27.7 Å². The number of aldehydes is 1. The minimum atomic E-state index is -0.717. The highest BCUT2D eigenvalue weighted by Gasteiger charge is 2.41. The summed E-state index contributed by atoms with van der Waals surface area (Å²) in [6, 6.07) is 13.4. The van der Waals surface area contributed by atoms with E-state index >= 15 is 0 Å². The quantitative estimate of drug-likeness (QED) is 0.196. The maximum absolute atomic E-state index is 13.4. The molecular weight excluding hydrogens is 717 g/mol. The van der Waals surface area contributed by atoms with E-state index in [0.717, 1.165) is 30.4 Å². The number of rotatable bonds is 12. The lowest BCUT2D eigenvalue weighted by molar-refractivity contribution is -0.143. The van der Waals surface area contributed by atoms with Crippen molar-refractivity contribution in [3.05, 3.63) is 83.4 Å². The second-order valence-electron chi connectivity index (χ2n) is 18.6. The number of nitrogens with zero attached hydrogens (tertiary/aromatic N) is 3. The third kappa shape index (κ3) is 11.9. The topological polar surface area (TPSA) is 131 Å². The predicted octanol–water partition coefficient (Wildman–Crippen LogP) is 5.33. The summed E-state index contributed by atoms with van der Waals surface area (Å²) in [6.07, 6.45) is 4.11. The lowest BCUT2D eigenvalue weighted by Crippen LogP contribution is -2.60. The zero-order valence-electron chi connectivity index (χ0n) is 36.8. The van der Waals surface area contributed by atoms with E-state index in [4.69, 9.17) is 0 Å². The number of likely N-dealkylation sites (N-methyl/N-ethyl adjacent to an activating group) is 3. The van der Waals surface area contributed by atoms with Crippen molar-refractivity contribution in [2.45, 2.75) is 125 Å². The molecule has 314 valence electrons. The summed E-state index contributed by atoms with van der Waals surface area (Å²) in [5.41, 5.74) is 3.67. The minimum absolute atomic E-state index is 0.000664. The standard InChI is InChI=1S/C24H37N3O2.C22H33N3O3/c1-9-19(16(2)3)27(8)23(29)21(24(4,5)6)25-22(28)20-18-13-11-10-12-17(18)14-15-26(20)7;1-14(2)18(13-26)25(6)21(28)19(22(3,4)5)24-20(27)17-11-15-9-7-8-10-16(15)12-23-17/h9-13,16,19-21H,1,14-15H2,2-8H3,(H,25,28);7-10,13-14,17-19,23H,11-12H2,1-6H3,(H,24,27)/t19-,20?,21-;17?,18-,19-/m11/s1. The molecule has 2 aliphatic rings. The largest absolute Gasteiger partial charge is 0.342 e. The molecule has 0 saturated heterocycles. The molecule has 11 nitrogen and oxygen atoms in total. The van der Waals surface area contributed by atoms with Crippen molar-refractivity contribution >= 4 is 29.9 Å². The molecule has 0 fully saturated rings. The van der Waals surface area contributed by atoms with Crippen LogP contribution >= 0.6 is 0 Å². The van der Waals surface area contributed by atoms with E-state index in [0.29, 0.717) is 13.0 Å². The minimum Gasteiger partial charge on any atom is -0.342 e. The molecule has 2 aromatic carbocycles. The van der Waals surface area contributed by atoms with Gasteiger partial charge in [-0.2, -0.15) is 0 Å². The summed E-state index contributed by atoms with van der Waals surface area (Å²) in [4.78, 5) is 69.6. The first-order valence-electron chi connectivity index (χ1n) is 20.3. The van der Waals surface area contributed by atoms with Gasteiger partial charge in [-0.15, -0.1) is 6.58 Å². The van der Waals surface area contributed by atoms with Crippen LogP contribution in [0, 0.1) is 22.7 Å². The number of fused-ring (bicyclic) bond motifs is 2. The van der Waals surface area contributed by atoms with Gasteiger partial charge in [0, 0.05) is 27.2 Å². The second-order valence-corrected chi connectivity index (χ2v) is 18.6. The molecule has 57 heavy (non-hydrogen) atoms. The number of nitrogens with one attached hydrogen (secondary N) is 3. The van der Waals surface area contributed by atoms with Crippen LogP contribution in [0.1, 0.15) is 97.5 Å². The van der Waals surface area contributed by atoms with Crippen molar-refractivity contribution in [3.63, 3.8) is 0 Å². The first-order chi connectivity index (χ1) is 26.5. The van der Waals surface area contributed by atoms with Gasteiger partial charge in [0.1, 0.15) is 24.4 Å². The van der Waals surface area contributed by atoms with Crippen LogP contribution in [0.4, 0.5) is 0 Å².